The summed E-state index contributed by atoms with van der Waals surface area (Å²) < 4.78 is 5.56. The number of hydrogen-bond acceptors (Lipinski definition) is 4. The molecule has 3 amide bonds. The first-order valence-electron chi connectivity index (χ1n) is 10.1. The molecule has 1 aliphatic heterocycles. The molecule has 2 aromatic rings. The average Bonchev–Trinajstić information content (AvgIpc) is 2.72. The number of ether oxygens (including phenoxy) is 1. The lowest BCUT2D eigenvalue weighted by Gasteiger charge is -2.36. The van der Waals surface area contributed by atoms with Gasteiger partial charge < -0.3 is 15.4 Å². The number of hydrogen-bond donors (Lipinski definition) is 2. The predicted octanol–water partition coefficient (Wildman–Crippen LogP) is 3.91. The molecule has 0 saturated carbocycles. The average molecular weight is 421 g/mol. The number of anilines is 2. The van der Waals surface area contributed by atoms with Crippen LogP contribution in [0.1, 0.15) is 36.7 Å². The van der Waals surface area contributed by atoms with Crippen LogP contribution in [0.15, 0.2) is 61.2 Å². The Labute approximate surface area is 182 Å². The molecule has 1 unspecified atom stereocenters. The van der Waals surface area contributed by atoms with Gasteiger partial charge in [-0.05, 0) is 69.2 Å². The van der Waals surface area contributed by atoms with E-state index >= 15 is 0 Å². The molecule has 1 heterocycles. The molecular formula is C24H27N3O4. The summed E-state index contributed by atoms with van der Waals surface area (Å²) in [5.41, 5.74) is 2.17. The summed E-state index contributed by atoms with van der Waals surface area (Å²) in [6.45, 7) is 9.18. The first-order valence-corrected chi connectivity index (χ1v) is 10.1. The third-order valence-electron chi connectivity index (χ3n) is 4.70. The maximum atomic E-state index is 12.8. The molecule has 0 spiro atoms. The standard InChI is InChI=1S/C24H27N3O4/c1-5-21(28)25-18-12-10-16(11-13-18)22(29)26-19-14-17-8-6-7-9-20(17)27(15-19)23(30)31-24(2,3)4/h5-13,19H,1,14-15H2,2-4H3,(H,25,28)(H,26,29). The molecule has 1 aliphatic rings. The fourth-order valence-corrected chi connectivity index (χ4v) is 3.35. The number of nitrogens with one attached hydrogen (secondary N) is 2. The number of amides is 3. The second-order valence-corrected chi connectivity index (χ2v) is 8.36. The fourth-order valence-electron chi connectivity index (χ4n) is 3.35. The SMILES string of the molecule is C=CC(=O)Nc1ccc(C(=O)NC2Cc3ccccc3N(C(=O)OC(C)(C)C)C2)cc1. The minimum atomic E-state index is -0.620. The lowest BCUT2D eigenvalue weighted by Crippen LogP contribution is -2.51. The van der Waals surface area contributed by atoms with E-state index in [1.807, 2.05) is 45.0 Å². The monoisotopic (exact) mass is 421 g/mol. The number of benzene rings is 2. The molecule has 7 nitrogen and oxygen atoms in total. The lowest BCUT2D eigenvalue weighted by atomic mass is 9.98. The van der Waals surface area contributed by atoms with Crippen molar-refractivity contribution in [3.05, 3.63) is 72.3 Å². The van der Waals surface area contributed by atoms with E-state index in [0.717, 1.165) is 11.3 Å². The predicted molar refractivity (Wildman–Crippen MR) is 120 cm³/mol. The topological polar surface area (TPSA) is 87.7 Å². The highest BCUT2D eigenvalue weighted by Crippen LogP contribution is 2.28. The van der Waals surface area contributed by atoms with Gasteiger partial charge in [-0.1, -0.05) is 24.8 Å². The van der Waals surface area contributed by atoms with Crippen LogP contribution in [0.25, 0.3) is 0 Å². The first-order chi connectivity index (χ1) is 14.7. The van der Waals surface area contributed by atoms with E-state index in [0.29, 0.717) is 24.2 Å². The van der Waals surface area contributed by atoms with Gasteiger partial charge in [-0.25, -0.2) is 4.79 Å². The number of rotatable bonds is 4. The highest BCUT2D eigenvalue weighted by atomic mass is 16.6. The minimum absolute atomic E-state index is 0.255. The van der Waals surface area contributed by atoms with Crippen LogP contribution in [0.4, 0.5) is 16.2 Å². The molecule has 1 atom stereocenters. The van der Waals surface area contributed by atoms with Crippen molar-refractivity contribution in [3.8, 4) is 0 Å². The van der Waals surface area contributed by atoms with E-state index in [-0.39, 0.29) is 17.9 Å². The van der Waals surface area contributed by atoms with Gasteiger partial charge in [0, 0.05) is 17.8 Å². The van der Waals surface area contributed by atoms with Crippen LogP contribution in [0, 0.1) is 0 Å². The Balaban J connectivity index is 1.73. The lowest BCUT2D eigenvalue weighted by molar-refractivity contribution is -0.111. The molecule has 162 valence electrons. The van der Waals surface area contributed by atoms with Crippen molar-refractivity contribution >= 4 is 29.3 Å². The maximum Gasteiger partial charge on any atom is 0.414 e. The molecule has 2 N–H and O–H groups in total. The minimum Gasteiger partial charge on any atom is -0.443 e. The highest BCUT2D eigenvalue weighted by molar-refractivity contribution is 6.00. The van der Waals surface area contributed by atoms with Gasteiger partial charge in [-0.3, -0.25) is 14.5 Å². The third kappa shape index (κ3) is 5.72. The van der Waals surface area contributed by atoms with Gasteiger partial charge in [0.25, 0.3) is 5.91 Å². The van der Waals surface area contributed by atoms with Gasteiger partial charge >= 0.3 is 6.09 Å². The number of nitrogens with zero attached hydrogens (tertiary/aromatic N) is 1. The number of carbonyl (C=O) groups excluding carboxylic acids is 3. The van der Waals surface area contributed by atoms with E-state index in [9.17, 15) is 14.4 Å². The van der Waals surface area contributed by atoms with Crippen molar-refractivity contribution in [2.24, 2.45) is 0 Å². The summed E-state index contributed by atoms with van der Waals surface area (Å²) in [7, 11) is 0. The summed E-state index contributed by atoms with van der Waals surface area (Å²) >= 11 is 0. The Morgan fingerprint density at radius 1 is 1.10 bits per heavy atom. The van der Waals surface area contributed by atoms with Gasteiger partial charge in [-0.15, -0.1) is 0 Å². The van der Waals surface area contributed by atoms with E-state index in [2.05, 4.69) is 17.2 Å². The van der Waals surface area contributed by atoms with Crippen molar-refractivity contribution in [2.45, 2.75) is 38.8 Å². The Bertz CT molecular complexity index is 993. The number of carbonyl (C=O) groups is 3. The van der Waals surface area contributed by atoms with E-state index in [4.69, 9.17) is 4.74 Å². The molecular weight excluding hydrogens is 394 g/mol. The first kappa shape index (κ1) is 22.1. The van der Waals surface area contributed by atoms with Crippen LogP contribution in [0.2, 0.25) is 0 Å². The number of fused-ring (bicyclic) bond motifs is 1. The van der Waals surface area contributed by atoms with Gasteiger partial charge in [-0.2, -0.15) is 0 Å². The molecule has 0 saturated heterocycles. The van der Waals surface area contributed by atoms with Crippen LogP contribution in [-0.4, -0.2) is 36.1 Å². The molecule has 0 aliphatic carbocycles. The molecule has 0 bridgehead atoms. The third-order valence-corrected chi connectivity index (χ3v) is 4.70. The van der Waals surface area contributed by atoms with Gasteiger partial charge in [0.05, 0.1) is 11.7 Å². The fraction of sp³-hybridized carbons (Fsp3) is 0.292. The number of para-hydroxylation sites is 1. The second kappa shape index (κ2) is 9.04. The van der Waals surface area contributed by atoms with E-state index in [1.165, 1.54) is 6.08 Å². The Morgan fingerprint density at radius 2 is 1.77 bits per heavy atom. The van der Waals surface area contributed by atoms with Gasteiger partial charge in [0.1, 0.15) is 5.60 Å². The Kier molecular flexibility index (Phi) is 6.44. The summed E-state index contributed by atoms with van der Waals surface area (Å²) in [5, 5.41) is 5.64. The molecule has 0 aromatic heterocycles. The summed E-state index contributed by atoms with van der Waals surface area (Å²) in [4.78, 5) is 38.5. The van der Waals surface area contributed by atoms with Crippen molar-refractivity contribution < 1.29 is 19.1 Å². The van der Waals surface area contributed by atoms with E-state index in [1.54, 1.807) is 29.2 Å². The zero-order valence-corrected chi connectivity index (χ0v) is 18.0. The summed E-state index contributed by atoms with van der Waals surface area (Å²) in [5.74, 6) is -0.574. The van der Waals surface area contributed by atoms with Crippen LogP contribution in [0.3, 0.4) is 0 Å². The van der Waals surface area contributed by atoms with Crippen molar-refractivity contribution in [3.63, 3.8) is 0 Å². The quantitative estimate of drug-likeness (QED) is 0.733. The molecule has 0 radical (unpaired) electrons. The van der Waals surface area contributed by atoms with Crippen LogP contribution >= 0.6 is 0 Å². The second-order valence-electron chi connectivity index (χ2n) is 8.36. The van der Waals surface area contributed by atoms with Gasteiger partial charge in [0.15, 0.2) is 0 Å². The summed E-state index contributed by atoms with van der Waals surface area (Å²) in [6.07, 6.45) is 1.34. The summed E-state index contributed by atoms with van der Waals surface area (Å²) in [6, 6.07) is 13.9. The van der Waals surface area contributed by atoms with E-state index < -0.39 is 11.7 Å². The molecule has 7 heteroatoms. The zero-order chi connectivity index (χ0) is 22.6. The highest BCUT2D eigenvalue weighted by Gasteiger charge is 2.32. The Morgan fingerprint density at radius 3 is 2.42 bits per heavy atom. The van der Waals surface area contributed by atoms with Crippen molar-refractivity contribution in [2.75, 3.05) is 16.8 Å². The van der Waals surface area contributed by atoms with Crippen LogP contribution in [0.5, 0.6) is 0 Å². The zero-order valence-electron chi connectivity index (χ0n) is 18.0. The van der Waals surface area contributed by atoms with Crippen molar-refractivity contribution in [1.29, 1.82) is 0 Å². The van der Waals surface area contributed by atoms with Crippen LogP contribution in [-0.2, 0) is 16.0 Å². The largest absolute Gasteiger partial charge is 0.443 e. The molecule has 0 fully saturated rings. The Hall–Kier alpha value is -3.61. The normalized spacial score (nSPS) is 15.5. The van der Waals surface area contributed by atoms with Gasteiger partial charge in [0.2, 0.25) is 5.91 Å². The van der Waals surface area contributed by atoms with Crippen LogP contribution < -0.4 is 15.5 Å². The maximum absolute atomic E-state index is 12.8. The van der Waals surface area contributed by atoms with Crippen molar-refractivity contribution in [1.82, 2.24) is 5.32 Å². The smallest absolute Gasteiger partial charge is 0.414 e. The molecule has 2 aromatic carbocycles. The molecule has 31 heavy (non-hydrogen) atoms. The molecule has 3 rings (SSSR count).